The van der Waals surface area contributed by atoms with E-state index in [2.05, 4.69) is 10.2 Å². The monoisotopic (exact) mass is 262 g/mol. The van der Waals surface area contributed by atoms with Crippen molar-refractivity contribution >= 4 is 0 Å². The Morgan fingerprint density at radius 2 is 1.84 bits per heavy atom. The van der Waals surface area contributed by atoms with Crippen molar-refractivity contribution in [2.45, 2.75) is 31.8 Å². The summed E-state index contributed by atoms with van der Waals surface area (Å²) in [7, 11) is 0. The first-order chi connectivity index (χ1) is 9.18. The molecule has 1 aliphatic heterocycles. The molecular formula is C16H26N2O. The van der Waals surface area contributed by atoms with Crippen LogP contribution in [0.25, 0.3) is 0 Å². The minimum atomic E-state index is -0.789. The highest BCUT2D eigenvalue weighted by Crippen LogP contribution is 2.18. The topological polar surface area (TPSA) is 35.5 Å². The summed E-state index contributed by atoms with van der Waals surface area (Å²) in [5, 5.41) is 13.8. The first-order valence-corrected chi connectivity index (χ1v) is 7.39. The van der Waals surface area contributed by atoms with Gasteiger partial charge in [-0.05, 0) is 38.4 Å². The third kappa shape index (κ3) is 4.60. The molecule has 0 aromatic heterocycles. The lowest BCUT2D eigenvalue weighted by molar-refractivity contribution is 0.0562. The van der Waals surface area contributed by atoms with Gasteiger partial charge < -0.3 is 15.3 Å². The van der Waals surface area contributed by atoms with Crippen LogP contribution in [0.2, 0.25) is 0 Å². The molecule has 0 saturated carbocycles. The zero-order valence-corrected chi connectivity index (χ0v) is 11.9. The average molecular weight is 262 g/mol. The van der Waals surface area contributed by atoms with Gasteiger partial charge in [-0.3, -0.25) is 0 Å². The number of likely N-dealkylation sites (tertiary alicyclic amines) is 1. The number of benzene rings is 1. The maximum atomic E-state index is 10.4. The lowest BCUT2D eigenvalue weighted by Gasteiger charge is -2.28. The zero-order chi connectivity index (χ0) is 13.6. The Balaban J connectivity index is 1.69. The number of rotatable bonds is 6. The minimum absolute atomic E-state index is 0.602. The summed E-state index contributed by atoms with van der Waals surface area (Å²) in [5.41, 5.74) is 0.184. The number of nitrogens with zero attached hydrogens (tertiary/aromatic N) is 1. The molecule has 1 heterocycles. The molecule has 0 radical (unpaired) electrons. The summed E-state index contributed by atoms with van der Waals surface area (Å²) in [6, 6.07) is 9.87. The van der Waals surface area contributed by atoms with Crippen molar-refractivity contribution in [3.05, 3.63) is 35.9 Å². The van der Waals surface area contributed by atoms with E-state index in [1.54, 1.807) is 0 Å². The third-order valence-electron chi connectivity index (χ3n) is 3.92. The predicted molar refractivity (Wildman–Crippen MR) is 79.2 cm³/mol. The first kappa shape index (κ1) is 14.5. The van der Waals surface area contributed by atoms with Gasteiger partial charge >= 0.3 is 0 Å². The van der Waals surface area contributed by atoms with Crippen LogP contribution in [0.3, 0.4) is 0 Å². The molecule has 19 heavy (non-hydrogen) atoms. The van der Waals surface area contributed by atoms with Gasteiger partial charge in [-0.1, -0.05) is 36.8 Å². The largest absolute Gasteiger partial charge is 0.384 e. The van der Waals surface area contributed by atoms with Gasteiger partial charge in [-0.15, -0.1) is 0 Å². The van der Waals surface area contributed by atoms with Gasteiger partial charge in [0.2, 0.25) is 0 Å². The van der Waals surface area contributed by atoms with Crippen molar-refractivity contribution in [2.75, 3.05) is 32.7 Å². The fourth-order valence-corrected chi connectivity index (χ4v) is 2.65. The lowest BCUT2D eigenvalue weighted by atomic mass is 9.96. The summed E-state index contributed by atoms with van der Waals surface area (Å²) in [6.07, 6.45) is 4.05. The number of aliphatic hydroxyl groups is 1. The van der Waals surface area contributed by atoms with Crippen LogP contribution in [0, 0.1) is 0 Å². The molecule has 1 unspecified atom stereocenters. The summed E-state index contributed by atoms with van der Waals surface area (Å²) >= 11 is 0. The van der Waals surface area contributed by atoms with Crippen LogP contribution in [0.4, 0.5) is 0 Å². The van der Waals surface area contributed by atoms with E-state index >= 15 is 0 Å². The number of hydrogen-bond acceptors (Lipinski definition) is 3. The highest BCUT2D eigenvalue weighted by molar-refractivity contribution is 5.21. The van der Waals surface area contributed by atoms with Gasteiger partial charge in [0.15, 0.2) is 0 Å². The molecule has 1 aromatic carbocycles. The molecule has 1 aliphatic rings. The van der Waals surface area contributed by atoms with Crippen molar-refractivity contribution < 1.29 is 5.11 Å². The summed E-state index contributed by atoms with van der Waals surface area (Å²) < 4.78 is 0. The van der Waals surface area contributed by atoms with E-state index in [1.165, 1.54) is 32.4 Å². The highest BCUT2D eigenvalue weighted by Gasteiger charge is 2.22. The molecule has 0 bridgehead atoms. The van der Waals surface area contributed by atoms with E-state index < -0.39 is 5.60 Å². The van der Waals surface area contributed by atoms with E-state index in [0.717, 1.165) is 18.7 Å². The first-order valence-electron chi connectivity index (χ1n) is 7.39. The van der Waals surface area contributed by atoms with Crippen LogP contribution in [-0.2, 0) is 5.60 Å². The fourth-order valence-electron chi connectivity index (χ4n) is 2.65. The van der Waals surface area contributed by atoms with Crippen LogP contribution in [0.1, 0.15) is 31.7 Å². The Labute approximate surface area is 116 Å². The summed E-state index contributed by atoms with van der Waals surface area (Å²) in [5.74, 6) is 0. The van der Waals surface area contributed by atoms with Crippen molar-refractivity contribution in [3.8, 4) is 0 Å². The maximum absolute atomic E-state index is 10.4. The molecule has 0 spiro atoms. The van der Waals surface area contributed by atoms with Crippen molar-refractivity contribution in [1.29, 1.82) is 0 Å². The molecule has 0 amide bonds. The Hall–Kier alpha value is -0.900. The molecular weight excluding hydrogens is 236 g/mol. The molecule has 0 aliphatic carbocycles. The highest BCUT2D eigenvalue weighted by atomic mass is 16.3. The van der Waals surface area contributed by atoms with Crippen LogP contribution in [0.15, 0.2) is 30.3 Å². The Morgan fingerprint density at radius 1 is 1.16 bits per heavy atom. The Morgan fingerprint density at radius 3 is 2.53 bits per heavy atom. The second-order valence-electron chi connectivity index (χ2n) is 5.72. The predicted octanol–water partition coefficient (Wildman–Crippen LogP) is 1.97. The smallest absolute Gasteiger partial charge is 0.0992 e. The van der Waals surface area contributed by atoms with Gasteiger partial charge in [0, 0.05) is 19.6 Å². The van der Waals surface area contributed by atoms with Crippen LogP contribution in [0.5, 0.6) is 0 Å². The van der Waals surface area contributed by atoms with E-state index in [9.17, 15) is 5.11 Å². The summed E-state index contributed by atoms with van der Waals surface area (Å²) in [6.45, 7) is 6.97. The Kier molecular flexibility index (Phi) is 5.37. The molecule has 106 valence electrons. The molecule has 3 nitrogen and oxygen atoms in total. The third-order valence-corrected chi connectivity index (χ3v) is 3.92. The molecule has 2 rings (SSSR count). The molecule has 1 aromatic rings. The van der Waals surface area contributed by atoms with E-state index in [0.29, 0.717) is 6.54 Å². The second-order valence-corrected chi connectivity index (χ2v) is 5.72. The molecule has 1 saturated heterocycles. The second kappa shape index (κ2) is 7.04. The van der Waals surface area contributed by atoms with Gasteiger partial charge in [-0.25, -0.2) is 0 Å². The van der Waals surface area contributed by atoms with E-state index in [1.807, 2.05) is 37.3 Å². The standard InChI is InChI=1S/C16H26N2O/c1-16(19,15-8-4-2-5-9-15)14-17-10-13-18-11-6-3-7-12-18/h2,4-5,8-9,17,19H,3,6-7,10-14H2,1H3. The van der Waals surface area contributed by atoms with Gasteiger partial charge in [0.1, 0.15) is 0 Å². The van der Waals surface area contributed by atoms with Crippen LogP contribution >= 0.6 is 0 Å². The van der Waals surface area contributed by atoms with E-state index in [-0.39, 0.29) is 0 Å². The van der Waals surface area contributed by atoms with Crippen molar-refractivity contribution in [3.63, 3.8) is 0 Å². The van der Waals surface area contributed by atoms with E-state index in [4.69, 9.17) is 0 Å². The van der Waals surface area contributed by atoms with Crippen LogP contribution in [-0.4, -0.2) is 42.7 Å². The van der Waals surface area contributed by atoms with Crippen molar-refractivity contribution in [2.24, 2.45) is 0 Å². The van der Waals surface area contributed by atoms with Gasteiger partial charge in [0.05, 0.1) is 5.60 Å². The average Bonchev–Trinajstić information content (AvgIpc) is 2.46. The zero-order valence-electron chi connectivity index (χ0n) is 11.9. The lowest BCUT2D eigenvalue weighted by Crippen LogP contribution is -2.40. The maximum Gasteiger partial charge on any atom is 0.0992 e. The molecule has 1 atom stereocenters. The number of nitrogens with one attached hydrogen (secondary N) is 1. The number of piperidine rings is 1. The SMILES string of the molecule is CC(O)(CNCCN1CCCCC1)c1ccccc1. The van der Waals surface area contributed by atoms with Gasteiger partial charge in [-0.2, -0.15) is 0 Å². The fraction of sp³-hybridized carbons (Fsp3) is 0.625. The summed E-state index contributed by atoms with van der Waals surface area (Å²) in [4.78, 5) is 2.51. The quantitative estimate of drug-likeness (QED) is 0.769. The molecule has 2 N–H and O–H groups in total. The number of hydrogen-bond donors (Lipinski definition) is 2. The molecule has 1 fully saturated rings. The van der Waals surface area contributed by atoms with Crippen LogP contribution < -0.4 is 5.32 Å². The Bertz CT molecular complexity index is 358. The minimum Gasteiger partial charge on any atom is -0.384 e. The normalized spacial score (nSPS) is 20.1. The van der Waals surface area contributed by atoms with Gasteiger partial charge in [0.25, 0.3) is 0 Å². The van der Waals surface area contributed by atoms with Crippen molar-refractivity contribution in [1.82, 2.24) is 10.2 Å². The molecule has 3 heteroatoms.